The predicted octanol–water partition coefficient (Wildman–Crippen LogP) is 4.11. The van der Waals surface area contributed by atoms with Gasteiger partial charge in [-0.05, 0) is 17.9 Å². The van der Waals surface area contributed by atoms with Crippen LogP contribution in [-0.4, -0.2) is 22.7 Å². The van der Waals surface area contributed by atoms with Gasteiger partial charge in [0, 0.05) is 18.7 Å². The van der Waals surface area contributed by atoms with Crippen molar-refractivity contribution in [1.29, 1.82) is 0 Å². The van der Waals surface area contributed by atoms with Crippen LogP contribution in [0.4, 0.5) is 11.4 Å². The summed E-state index contributed by atoms with van der Waals surface area (Å²) in [5.74, 6) is 0. The van der Waals surface area contributed by atoms with Crippen molar-refractivity contribution in [2.24, 2.45) is 5.41 Å². The van der Waals surface area contributed by atoms with Crippen molar-refractivity contribution >= 4 is 34.6 Å². The standard InChI is InChI=1S/C13H18Cl2N2O3/c1-13(2,3)12(4-5-18)16-10-6-8(14)9(15)7-11(10)17(19)20/h6-7,12,16,18H,4-5H2,1-3H3. The van der Waals surface area contributed by atoms with Gasteiger partial charge in [-0.1, -0.05) is 44.0 Å². The van der Waals surface area contributed by atoms with E-state index < -0.39 is 4.92 Å². The van der Waals surface area contributed by atoms with Crippen LogP contribution in [0.2, 0.25) is 10.0 Å². The molecule has 1 rings (SSSR count). The fourth-order valence-electron chi connectivity index (χ4n) is 1.84. The zero-order valence-electron chi connectivity index (χ0n) is 11.6. The van der Waals surface area contributed by atoms with Crippen LogP contribution in [0.25, 0.3) is 0 Å². The molecule has 0 aliphatic heterocycles. The van der Waals surface area contributed by atoms with Gasteiger partial charge in [-0.3, -0.25) is 10.1 Å². The van der Waals surface area contributed by atoms with E-state index in [0.717, 1.165) is 0 Å². The van der Waals surface area contributed by atoms with E-state index in [-0.39, 0.29) is 33.8 Å². The number of rotatable bonds is 5. The molecule has 0 fully saturated rings. The molecule has 1 unspecified atom stereocenters. The monoisotopic (exact) mass is 320 g/mol. The highest BCUT2D eigenvalue weighted by Gasteiger charge is 2.27. The van der Waals surface area contributed by atoms with Gasteiger partial charge in [0.2, 0.25) is 0 Å². The fourth-order valence-corrected chi connectivity index (χ4v) is 2.16. The molecule has 0 aromatic heterocycles. The van der Waals surface area contributed by atoms with E-state index in [9.17, 15) is 10.1 Å². The van der Waals surface area contributed by atoms with Crippen LogP contribution >= 0.6 is 23.2 Å². The first-order valence-electron chi connectivity index (χ1n) is 6.17. The molecule has 0 amide bonds. The largest absolute Gasteiger partial charge is 0.396 e. The first kappa shape index (κ1) is 17.0. The van der Waals surface area contributed by atoms with Gasteiger partial charge >= 0.3 is 0 Å². The SMILES string of the molecule is CC(C)(C)C(CCO)Nc1cc(Cl)c(Cl)cc1[N+](=O)[O-]. The summed E-state index contributed by atoms with van der Waals surface area (Å²) in [4.78, 5) is 10.6. The van der Waals surface area contributed by atoms with Crippen LogP contribution in [0.5, 0.6) is 0 Å². The number of aliphatic hydroxyl groups excluding tert-OH is 1. The summed E-state index contributed by atoms with van der Waals surface area (Å²) in [5, 5.41) is 23.7. The summed E-state index contributed by atoms with van der Waals surface area (Å²) < 4.78 is 0. The molecule has 20 heavy (non-hydrogen) atoms. The van der Waals surface area contributed by atoms with Crippen molar-refractivity contribution in [2.45, 2.75) is 33.2 Å². The Bertz CT molecular complexity index is 501. The number of anilines is 1. The Morgan fingerprint density at radius 3 is 2.35 bits per heavy atom. The molecule has 0 aliphatic carbocycles. The maximum atomic E-state index is 11.1. The average Bonchev–Trinajstić information content (AvgIpc) is 2.31. The number of nitrogens with one attached hydrogen (secondary N) is 1. The van der Waals surface area contributed by atoms with Crippen LogP contribution in [-0.2, 0) is 0 Å². The average molecular weight is 321 g/mol. The van der Waals surface area contributed by atoms with Gasteiger partial charge in [0.25, 0.3) is 5.69 Å². The van der Waals surface area contributed by atoms with Gasteiger partial charge in [0.15, 0.2) is 0 Å². The topological polar surface area (TPSA) is 75.4 Å². The minimum absolute atomic E-state index is 0.00986. The van der Waals surface area contributed by atoms with E-state index in [1.54, 1.807) is 0 Å². The number of nitrogens with zero attached hydrogens (tertiary/aromatic N) is 1. The Morgan fingerprint density at radius 1 is 1.35 bits per heavy atom. The second kappa shape index (κ2) is 6.61. The molecule has 0 bridgehead atoms. The van der Waals surface area contributed by atoms with Crippen molar-refractivity contribution in [3.8, 4) is 0 Å². The molecule has 7 heteroatoms. The van der Waals surface area contributed by atoms with Gasteiger partial charge in [0.05, 0.1) is 15.0 Å². The van der Waals surface area contributed by atoms with Crippen LogP contribution < -0.4 is 5.32 Å². The highest BCUT2D eigenvalue weighted by atomic mass is 35.5. The zero-order valence-corrected chi connectivity index (χ0v) is 13.1. The lowest BCUT2D eigenvalue weighted by atomic mass is 9.84. The third kappa shape index (κ3) is 4.23. The van der Waals surface area contributed by atoms with Crippen molar-refractivity contribution in [2.75, 3.05) is 11.9 Å². The Hall–Kier alpha value is -1.04. The number of hydrogen-bond donors (Lipinski definition) is 2. The van der Waals surface area contributed by atoms with Crippen LogP contribution in [0.1, 0.15) is 27.2 Å². The van der Waals surface area contributed by atoms with E-state index in [2.05, 4.69) is 5.32 Å². The maximum absolute atomic E-state index is 11.1. The number of aliphatic hydroxyl groups is 1. The third-order valence-corrected chi connectivity index (χ3v) is 3.75. The Labute approximate surface area is 128 Å². The summed E-state index contributed by atoms with van der Waals surface area (Å²) in [7, 11) is 0. The lowest BCUT2D eigenvalue weighted by Crippen LogP contribution is -2.35. The van der Waals surface area contributed by atoms with Gasteiger partial charge in [-0.2, -0.15) is 0 Å². The zero-order chi connectivity index (χ0) is 15.5. The lowest BCUT2D eigenvalue weighted by molar-refractivity contribution is -0.384. The fraction of sp³-hybridized carbons (Fsp3) is 0.538. The predicted molar refractivity (Wildman–Crippen MR) is 81.7 cm³/mol. The molecule has 0 heterocycles. The molecular weight excluding hydrogens is 303 g/mol. The summed E-state index contributed by atoms with van der Waals surface area (Å²) in [6.07, 6.45) is 0.473. The van der Waals surface area contributed by atoms with Crippen molar-refractivity contribution < 1.29 is 10.0 Å². The van der Waals surface area contributed by atoms with E-state index in [1.807, 2.05) is 20.8 Å². The van der Waals surface area contributed by atoms with E-state index in [0.29, 0.717) is 12.1 Å². The van der Waals surface area contributed by atoms with Crippen LogP contribution in [0.3, 0.4) is 0 Å². The molecule has 1 atom stereocenters. The first-order valence-corrected chi connectivity index (χ1v) is 6.93. The molecule has 1 aromatic rings. The van der Waals surface area contributed by atoms with Gasteiger partial charge < -0.3 is 10.4 Å². The van der Waals surface area contributed by atoms with Gasteiger partial charge in [0.1, 0.15) is 5.69 Å². The van der Waals surface area contributed by atoms with Crippen molar-refractivity contribution in [3.63, 3.8) is 0 Å². The summed E-state index contributed by atoms with van der Waals surface area (Å²) in [6.45, 7) is 5.96. The van der Waals surface area contributed by atoms with E-state index >= 15 is 0 Å². The molecule has 5 nitrogen and oxygen atoms in total. The van der Waals surface area contributed by atoms with Crippen molar-refractivity contribution in [3.05, 3.63) is 32.3 Å². The molecule has 112 valence electrons. The quantitative estimate of drug-likeness (QED) is 0.632. The molecule has 1 aromatic carbocycles. The number of nitro benzene ring substituents is 1. The van der Waals surface area contributed by atoms with E-state index in [4.69, 9.17) is 28.3 Å². The highest BCUT2D eigenvalue weighted by molar-refractivity contribution is 6.42. The smallest absolute Gasteiger partial charge is 0.293 e. The van der Waals surface area contributed by atoms with Gasteiger partial charge in [-0.25, -0.2) is 0 Å². The number of benzene rings is 1. The summed E-state index contributed by atoms with van der Waals surface area (Å²) in [5.41, 5.74) is -0.00716. The Balaban J connectivity index is 3.18. The first-order chi connectivity index (χ1) is 9.16. The van der Waals surface area contributed by atoms with E-state index in [1.165, 1.54) is 12.1 Å². The second-order valence-corrected chi connectivity index (χ2v) is 6.43. The molecule has 0 spiro atoms. The normalized spacial score (nSPS) is 13.1. The van der Waals surface area contributed by atoms with Crippen LogP contribution in [0.15, 0.2) is 12.1 Å². The van der Waals surface area contributed by atoms with Gasteiger partial charge in [-0.15, -0.1) is 0 Å². The molecule has 0 saturated heterocycles. The Kier molecular flexibility index (Phi) is 5.62. The second-order valence-electron chi connectivity index (χ2n) is 5.62. The summed E-state index contributed by atoms with van der Waals surface area (Å²) in [6, 6.07) is 2.53. The maximum Gasteiger partial charge on any atom is 0.293 e. The number of nitro groups is 1. The highest BCUT2D eigenvalue weighted by Crippen LogP contribution is 2.36. The van der Waals surface area contributed by atoms with Crippen LogP contribution in [0, 0.1) is 15.5 Å². The third-order valence-electron chi connectivity index (χ3n) is 3.03. The number of halogens is 2. The number of hydrogen-bond acceptors (Lipinski definition) is 4. The molecule has 0 saturated carbocycles. The van der Waals surface area contributed by atoms with Crippen molar-refractivity contribution in [1.82, 2.24) is 0 Å². The molecule has 2 N–H and O–H groups in total. The minimum atomic E-state index is -0.511. The molecule has 0 aliphatic rings. The Morgan fingerprint density at radius 2 is 1.90 bits per heavy atom. The minimum Gasteiger partial charge on any atom is -0.396 e. The lowest BCUT2D eigenvalue weighted by Gasteiger charge is -2.32. The summed E-state index contributed by atoms with van der Waals surface area (Å²) >= 11 is 11.7. The molecular formula is C13H18Cl2N2O3. The molecule has 0 radical (unpaired) electrons.